The molecule has 1 aromatic heterocycles. The van der Waals surface area contributed by atoms with E-state index in [2.05, 4.69) is 31.2 Å². The van der Waals surface area contributed by atoms with Crippen molar-refractivity contribution in [2.24, 2.45) is 11.7 Å². The molecule has 228 valence electrons. The van der Waals surface area contributed by atoms with E-state index in [0.717, 1.165) is 16.3 Å². The summed E-state index contributed by atoms with van der Waals surface area (Å²) >= 11 is 0. The minimum absolute atomic E-state index is 0.102. The van der Waals surface area contributed by atoms with E-state index >= 15 is 0 Å². The molecule has 1 heterocycles. The molecule has 5 amide bonds. The van der Waals surface area contributed by atoms with Gasteiger partial charge in [0.1, 0.15) is 12.1 Å². The van der Waals surface area contributed by atoms with Gasteiger partial charge in [0.2, 0.25) is 23.5 Å². The first kappa shape index (κ1) is 32.2. The van der Waals surface area contributed by atoms with Crippen LogP contribution >= 0.6 is 0 Å². The van der Waals surface area contributed by atoms with E-state index in [-0.39, 0.29) is 12.8 Å². The number of nitrogens with two attached hydrogens (primary N) is 1. The van der Waals surface area contributed by atoms with Crippen LogP contribution in [0.5, 0.6) is 0 Å². The van der Waals surface area contributed by atoms with Gasteiger partial charge in [-0.15, -0.1) is 0 Å². The van der Waals surface area contributed by atoms with Crippen molar-refractivity contribution >= 4 is 46.3 Å². The molecule has 8 N–H and O–H groups in total. The second-order valence-electron chi connectivity index (χ2n) is 10.1. The number of imidazole rings is 1. The largest absolute Gasteiger partial charge is 0.465 e. The molecule has 0 saturated carbocycles. The molecule has 3 rings (SSSR count). The monoisotopic (exact) mass is 593 g/mol. The molecule has 0 saturated heterocycles. The molecule has 2 aromatic carbocycles. The summed E-state index contributed by atoms with van der Waals surface area (Å²) in [4.78, 5) is 81.3. The molecule has 43 heavy (non-hydrogen) atoms. The number of primary amides is 1. The van der Waals surface area contributed by atoms with Gasteiger partial charge in [0.25, 0.3) is 5.91 Å². The van der Waals surface area contributed by atoms with Gasteiger partial charge in [0.15, 0.2) is 0 Å². The Morgan fingerprint density at radius 1 is 0.953 bits per heavy atom. The molecule has 4 unspecified atom stereocenters. The molecule has 0 aliphatic heterocycles. The molecule has 4 atom stereocenters. The lowest BCUT2D eigenvalue weighted by Gasteiger charge is -2.25. The lowest BCUT2D eigenvalue weighted by atomic mass is 9.94. The Kier molecular flexibility index (Phi) is 11.3. The van der Waals surface area contributed by atoms with Crippen molar-refractivity contribution < 1.29 is 33.9 Å². The topological polar surface area (TPSA) is 225 Å². The molecule has 0 fully saturated rings. The van der Waals surface area contributed by atoms with Crippen LogP contribution < -0.4 is 27.0 Å². The van der Waals surface area contributed by atoms with Crippen LogP contribution in [0.1, 0.15) is 31.5 Å². The first-order chi connectivity index (χ1) is 20.5. The zero-order valence-electron chi connectivity index (χ0n) is 23.8. The van der Waals surface area contributed by atoms with Gasteiger partial charge in [-0.25, -0.2) is 9.78 Å². The van der Waals surface area contributed by atoms with Crippen LogP contribution in [0, 0.1) is 5.92 Å². The van der Waals surface area contributed by atoms with E-state index in [1.165, 1.54) is 12.5 Å². The average Bonchev–Trinajstić information content (AvgIpc) is 3.50. The Bertz CT molecular complexity index is 1470. The zero-order valence-corrected chi connectivity index (χ0v) is 23.8. The van der Waals surface area contributed by atoms with E-state index in [1.54, 1.807) is 13.8 Å². The van der Waals surface area contributed by atoms with Gasteiger partial charge in [-0.3, -0.25) is 24.0 Å². The third-order valence-electron chi connectivity index (χ3n) is 6.94. The van der Waals surface area contributed by atoms with E-state index < -0.39 is 66.1 Å². The Labute approximate surface area is 247 Å². The highest BCUT2D eigenvalue weighted by molar-refractivity contribution is 6.38. The number of H-pyrrole nitrogens is 1. The second kappa shape index (κ2) is 15.1. The molecule has 0 bridgehead atoms. The Hall–Kier alpha value is -5.27. The molecule has 0 radical (unpaired) electrons. The first-order valence-corrected chi connectivity index (χ1v) is 13.6. The third-order valence-corrected chi connectivity index (χ3v) is 6.94. The fraction of sp³-hybridized carbons (Fsp3) is 0.345. The molecule has 0 aliphatic carbocycles. The normalized spacial score (nSPS) is 13.6. The number of carbonyl (C=O) groups is 6. The van der Waals surface area contributed by atoms with Crippen molar-refractivity contribution in [3.63, 3.8) is 0 Å². The van der Waals surface area contributed by atoms with Crippen molar-refractivity contribution in [1.82, 2.24) is 31.2 Å². The minimum atomic E-state index is -1.46. The van der Waals surface area contributed by atoms with E-state index in [0.29, 0.717) is 12.1 Å². The predicted molar refractivity (Wildman–Crippen MR) is 155 cm³/mol. The number of ketones is 1. The van der Waals surface area contributed by atoms with Crippen molar-refractivity contribution in [1.29, 1.82) is 0 Å². The smallest absolute Gasteiger partial charge is 0.405 e. The number of Topliss-reactive ketones (excluding diaryl/α,β-unsaturated/α-hetero) is 1. The number of nitrogens with zero attached hydrogens (tertiary/aromatic N) is 1. The van der Waals surface area contributed by atoms with Crippen LogP contribution in [0.4, 0.5) is 4.79 Å². The number of hydrogen-bond donors (Lipinski definition) is 7. The van der Waals surface area contributed by atoms with Crippen molar-refractivity contribution in [3.8, 4) is 0 Å². The molecular formula is C29H35N7O7. The average molecular weight is 594 g/mol. The second-order valence-corrected chi connectivity index (χ2v) is 10.1. The Morgan fingerprint density at radius 2 is 1.67 bits per heavy atom. The Balaban J connectivity index is 1.60. The summed E-state index contributed by atoms with van der Waals surface area (Å²) in [6.45, 7) is 2.76. The van der Waals surface area contributed by atoms with Gasteiger partial charge in [-0.2, -0.15) is 0 Å². The number of aromatic amines is 1. The SMILES string of the molecule is CCC(C)C(NC(=O)C(Cc1c[nH]cn1)NC(=O)O)C(=O)C(=O)NCC(=O)NC(Cc1ccc2ccccc2c1)C(N)=O. The van der Waals surface area contributed by atoms with Crippen LogP contribution in [0.15, 0.2) is 55.0 Å². The number of hydrogen-bond acceptors (Lipinski definition) is 7. The van der Waals surface area contributed by atoms with Crippen LogP contribution in [0.2, 0.25) is 0 Å². The van der Waals surface area contributed by atoms with Crippen molar-refractivity contribution in [3.05, 3.63) is 66.2 Å². The lowest BCUT2D eigenvalue weighted by molar-refractivity contribution is -0.141. The maximum Gasteiger partial charge on any atom is 0.405 e. The standard InChI is InChI=1S/C29H35N7O7/c1-3-16(2)24(36-27(40)22(35-29(42)43)12-20-13-31-15-33-20)25(38)28(41)32-14-23(37)34-21(26(30)39)11-17-8-9-18-6-4-5-7-19(18)10-17/h4-10,13,15-16,21-22,24,35H,3,11-12,14H2,1-2H3,(H2,30,39)(H,31,33)(H,32,41)(H,34,37)(H,36,40)(H,42,43). The summed E-state index contributed by atoms with van der Waals surface area (Å²) in [7, 11) is 0. The van der Waals surface area contributed by atoms with E-state index in [9.17, 15) is 33.9 Å². The first-order valence-electron chi connectivity index (χ1n) is 13.6. The predicted octanol–water partition coefficient (Wildman–Crippen LogP) is 0.171. The summed E-state index contributed by atoms with van der Waals surface area (Å²) in [6.07, 6.45) is 1.81. The maximum absolute atomic E-state index is 13.0. The number of nitrogens with one attached hydrogen (secondary N) is 5. The molecule has 0 aliphatic rings. The van der Waals surface area contributed by atoms with E-state index in [4.69, 9.17) is 5.73 Å². The molecule has 3 aromatic rings. The maximum atomic E-state index is 13.0. The van der Waals surface area contributed by atoms with Crippen LogP contribution in [-0.4, -0.2) is 75.2 Å². The number of aromatic nitrogens is 2. The number of benzene rings is 2. The highest BCUT2D eigenvalue weighted by Crippen LogP contribution is 2.17. The fourth-order valence-corrected chi connectivity index (χ4v) is 4.38. The van der Waals surface area contributed by atoms with Gasteiger partial charge >= 0.3 is 6.09 Å². The van der Waals surface area contributed by atoms with Crippen LogP contribution in [0.3, 0.4) is 0 Å². The number of carboxylic acid groups (broad SMARTS) is 1. The molecule has 14 nitrogen and oxygen atoms in total. The third kappa shape index (κ3) is 9.38. The number of fused-ring (bicyclic) bond motifs is 1. The van der Waals surface area contributed by atoms with Crippen LogP contribution in [-0.2, 0) is 36.8 Å². The highest BCUT2D eigenvalue weighted by Gasteiger charge is 2.33. The van der Waals surface area contributed by atoms with Crippen LogP contribution in [0.25, 0.3) is 10.8 Å². The zero-order chi connectivity index (χ0) is 31.5. The minimum Gasteiger partial charge on any atom is -0.465 e. The number of amides is 5. The molecular weight excluding hydrogens is 558 g/mol. The van der Waals surface area contributed by atoms with Crippen molar-refractivity contribution in [2.75, 3.05) is 6.54 Å². The number of rotatable bonds is 15. The summed E-state index contributed by atoms with van der Waals surface area (Å²) in [6, 6.07) is 9.58. The van der Waals surface area contributed by atoms with Crippen molar-refractivity contribution in [2.45, 2.75) is 51.2 Å². The van der Waals surface area contributed by atoms with Gasteiger partial charge in [-0.1, -0.05) is 62.7 Å². The highest BCUT2D eigenvalue weighted by atomic mass is 16.4. The number of carbonyl (C=O) groups excluding carboxylic acids is 5. The quantitative estimate of drug-likeness (QED) is 0.120. The molecule has 14 heteroatoms. The van der Waals surface area contributed by atoms with Gasteiger partial charge in [-0.05, 0) is 22.3 Å². The summed E-state index contributed by atoms with van der Waals surface area (Å²) in [5.74, 6) is -5.02. The molecule has 0 spiro atoms. The summed E-state index contributed by atoms with van der Waals surface area (Å²) in [5, 5.41) is 20.4. The van der Waals surface area contributed by atoms with Gasteiger partial charge in [0, 0.05) is 19.0 Å². The summed E-state index contributed by atoms with van der Waals surface area (Å²) in [5.41, 5.74) is 6.66. The fourth-order valence-electron chi connectivity index (χ4n) is 4.38. The van der Waals surface area contributed by atoms with Gasteiger partial charge < -0.3 is 37.1 Å². The van der Waals surface area contributed by atoms with E-state index in [1.807, 2.05) is 42.5 Å². The Morgan fingerprint density at radius 3 is 2.30 bits per heavy atom. The summed E-state index contributed by atoms with van der Waals surface area (Å²) < 4.78 is 0. The lowest BCUT2D eigenvalue weighted by Crippen LogP contribution is -2.57. The van der Waals surface area contributed by atoms with Gasteiger partial charge in [0.05, 0.1) is 24.6 Å².